The van der Waals surface area contributed by atoms with Crippen LogP contribution < -0.4 is 5.32 Å². The molecule has 0 saturated heterocycles. The van der Waals surface area contributed by atoms with Crippen LogP contribution in [0.15, 0.2) is 16.8 Å². The second-order valence-corrected chi connectivity index (χ2v) is 3.02. The molecule has 9 heavy (non-hydrogen) atoms. The van der Waals surface area contributed by atoms with Gasteiger partial charge in [0, 0.05) is 5.70 Å². The highest BCUT2D eigenvalue weighted by molar-refractivity contribution is 6.25. The summed E-state index contributed by atoms with van der Waals surface area (Å²) in [6, 6.07) is 0. The molecule has 0 fully saturated rings. The van der Waals surface area contributed by atoms with Gasteiger partial charge < -0.3 is 5.32 Å². The molecule has 2 nitrogen and oxygen atoms in total. The van der Waals surface area contributed by atoms with Crippen LogP contribution in [0.5, 0.6) is 0 Å². The lowest BCUT2D eigenvalue weighted by atomic mass is 10.2. The van der Waals surface area contributed by atoms with Gasteiger partial charge in [0.15, 0.2) is 5.00 Å². The van der Waals surface area contributed by atoms with Crippen molar-refractivity contribution in [2.75, 3.05) is 0 Å². The van der Waals surface area contributed by atoms with E-state index in [0.29, 0.717) is 0 Å². The first kappa shape index (κ1) is 6.62. The van der Waals surface area contributed by atoms with E-state index in [2.05, 4.69) is 10.3 Å². The molecule has 1 aliphatic heterocycles. The van der Waals surface area contributed by atoms with Crippen LogP contribution in [0.25, 0.3) is 0 Å². The molecule has 0 bridgehead atoms. The fraction of sp³-hybridized carbons (Fsp3) is 0.500. The second-order valence-electron chi connectivity index (χ2n) is 2.25. The third kappa shape index (κ3) is 1.72. The number of rotatable bonds is 0. The number of alkyl halides is 1. The molecule has 1 N–H and O–H groups in total. The zero-order valence-corrected chi connectivity index (χ0v) is 6.24. The minimum Gasteiger partial charge on any atom is -0.351 e. The molecule has 0 amide bonds. The Kier molecular flexibility index (Phi) is 1.49. The van der Waals surface area contributed by atoms with Crippen LogP contribution in [0.1, 0.15) is 13.8 Å². The van der Waals surface area contributed by atoms with Crippen LogP contribution in [0, 0.1) is 0 Å². The number of hydrogen-bond donors (Lipinski definition) is 1. The van der Waals surface area contributed by atoms with Gasteiger partial charge in [-0.05, 0) is 19.9 Å². The van der Waals surface area contributed by atoms with Gasteiger partial charge in [-0.3, -0.25) is 0 Å². The zero-order chi connectivity index (χ0) is 6.91. The first-order valence-corrected chi connectivity index (χ1v) is 3.16. The van der Waals surface area contributed by atoms with Crippen molar-refractivity contribution < 1.29 is 0 Å². The van der Waals surface area contributed by atoms with Crippen LogP contribution in [-0.4, -0.2) is 11.3 Å². The van der Waals surface area contributed by atoms with E-state index >= 15 is 0 Å². The van der Waals surface area contributed by atoms with E-state index in [4.69, 9.17) is 11.6 Å². The third-order valence-electron chi connectivity index (χ3n) is 1.09. The maximum absolute atomic E-state index is 5.85. The fourth-order valence-corrected chi connectivity index (χ4v) is 0.947. The van der Waals surface area contributed by atoms with E-state index in [9.17, 15) is 0 Å². The van der Waals surface area contributed by atoms with Crippen LogP contribution in [-0.2, 0) is 0 Å². The Morgan fingerprint density at radius 3 is 2.78 bits per heavy atom. The average molecular weight is 145 g/mol. The lowest BCUT2D eigenvalue weighted by Gasteiger charge is -2.17. The monoisotopic (exact) mass is 144 g/mol. The third-order valence-corrected chi connectivity index (χ3v) is 1.30. The van der Waals surface area contributed by atoms with Gasteiger partial charge in [0.2, 0.25) is 0 Å². The Hall–Kier alpha value is -0.500. The maximum atomic E-state index is 5.85. The Labute approximate surface area is 59.6 Å². The van der Waals surface area contributed by atoms with Gasteiger partial charge in [0.25, 0.3) is 0 Å². The summed E-state index contributed by atoms with van der Waals surface area (Å²) >= 11 is 5.85. The van der Waals surface area contributed by atoms with Crippen molar-refractivity contribution in [1.82, 2.24) is 5.32 Å². The van der Waals surface area contributed by atoms with Gasteiger partial charge in [-0.1, -0.05) is 11.6 Å². The lowest BCUT2D eigenvalue weighted by molar-refractivity contribution is 0.793. The highest BCUT2D eigenvalue weighted by Crippen LogP contribution is 2.20. The smallest absolute Gasteiger partial charge is 0.153 e. The van der Waals surface area contributed by atoms with Crippen molar-refractivity contribution in [2.24, 2.45) is 4.99 Å². The first-order valence-electron chi connectivity index (χ1n) is 2.79. The van der Waals surface area contributed by atoms with E-state index in [-0.39, 0.29) is 0 Å². The molecule has 0 aromatic heterocycles. The Bertz CT molecular complexity index is 170. The molecule has 1 atom stereocenters. The van der Waals surface area contributed by atoms with Crippen molar-refractivity contribution in [3.63, 3.8) is 0 Å². The molecule has 3 heteroatoms. The van der Waals surface area contributed by atoms with Gasteiger partial charge in [-0.15, -0.1) is 0 Å². The standard InChI is InChI=1S/C6H9ClN2/c1-5-3-6(2,7)9-4-8-5/h3-4H,1-2H3,(H,8,9). The summed E-state index contributed by atoms with van der Waals surface area (Å²) in [6.07, 6.45) is 3.48. The van der Waals surface area contributed by atoms with Crippen LogP contribution in [0.4, 0.5) is 0 Å². The molecule has 0 radical (unpaired) electrons. The van der Waals surface area contributed by atoms with Crippen molar-refractivity contribution in [2.45, 2.75) is 18.8 Å². The molecule has 50 valence electrons. The number of halogens is 1. The first-order chi connectivity index (χ1) is 4.10. The molecule has 0 aromatic rings. The van der Waals surface area contributed by atoms with E-state index in [1.165, 1.54) is 0 Å². The molecule has 0 aliphatic carbocycles. The van der Waals surface area contributed by atoms with Crippen LogP contribution in [0.3, 0.4) is 0 Å². The number of allylic oxidation sites excluding steroid dienone is 1. The van der Waals surface area contributed by atoms with Crippen LogP contribution >= 0.6 is 11.6 Å². The SMILES string of the molecule is CC1=CC(C)(Cl)N=CN1. The normalized spacial score (nSPS) is 33.4. The molecular weight excluding hydrogens is 136 g/mol. The summed E-state index contributed by atoms with van der Waals surface area (Å²) in [6.45, 7) is 3.79. The van der Waals surface area contributed by atoms with Gasteiger partial charge in [-0.25, -0.2) is 4.99 Å². The molecule has 0 spiro atoms. The fourth-order valence-electron chi connectivity index (χ4n) is 0.734. The largest absolute Gasteiger partial charge is 0.351 e. The van der Waals surface area contributed by atoms with Crippen molar-refractivity contribution in [3.8, 4) is 0 Å². The molecular formula is C6H9ClN2. The van der Waals surface area contributed by atoms with E-state index in [0.717, 1.165) is 5.70 Å². The topological polar surface area (TPSA) is 24.4 Å². The maximum Gasteiger partial charge on any atom is 0.153 e. The van der Waals surface area contributed by atoms with E-state index in [1.807, 2.05) is 19.9 Å². The average Bonchev–Trinajstić information content (AvgIpc) is 1.60. The van der Waals surface area contributed by atoms with Gasteiger partial charge in [-0.2, -0.15) is 0 Å². The van der Waals surface area contributed by atoms with Crippen molar-refractivity contribution >= 4 is 17.9 Å². The molecule has 1 heterocycles. The predicted molar refractivity (Wildman–Crippen MR) is 39.6 cm³/mol. The minimum atomic E-state index is -0.532. The van der Waals surface area contributed by atoms with Gasteiger partial charge in [0.05, 0.1) is 6.34 Å². The molecule has 0 aromatic carbocycles. The quantitative estimate of drug-likeness (QED) is 0.404. The molecule has 1 aliphatic rings. The number of hydrogen-bond acceptors (Lipinski definition) is 2. The van der Waals surface area contributed by atoms with Crippen molar-refractivity contribution in [3.05, 3.63) is 11.8 Å². The lowest BCUT2D eigenvalue weighted by Crippen LogP contribution is -2.22. The number of nitrogens with one attached hydrogen (secondary N) is 1. The molecule has 1 unspecified atom stereocenters. The van der Waals surface area contributed by atoms with Gasteiger partial charge >= 0.3 is 0 Å². The van der Waals surface area contributed by atoms with E-state index < -0.39 is 5.00 Å². The molecule has 1 rings (SSSR count). The van der Waals surface area contributed by atoms with E-state index in [1.54, 1.807) is 6.34 Å². The van der Waals surface area contributed by atoms with Gasteiger partial charge in [0.1, 0.15) is 0 Å². The Morgan fingerprint density at radius 2 is 2.44 bits per heavy atom. The van der Waals surface area contributed by atoms with Crippen LogP contribution in [0.2, 0.25) is 0 Å². The Morgan fingerprint density at radius 1 is 1.78 bits per heavy atom. The molecule has 0 saturated carbocycles. The highest BCUT2D eigenvalue weighted by Gasteiger charge is 2.16. The summed E-state index contributed by atoms with van der Waals surface area (Å²) in [7, 11) is 0. The summed E-state index contributed by atoms with van der Waals surface area (Å²) in [4.78, 5) is 3.43. The highest BCUT2D eigenvalue weighted by atomic mass is 35.5. The predicted octanol–water partition coefficient (Wildman–Crippen LogP) is 1.48. The summed E-state index contributed by atoms with van der Waals surface area (Å²) < 4.78 is 0. The van der Waals surface area contributed by atoms with Crippen molar-refractivity contribution in [1.29, 1.82) is 0 Å². The second kappa shape index (κ2) is 2.03. The summed E-state index contributed by atoms with van der Waals surface area (Å²) in [5.74, 6) is 0. The zero-order valence-electron chi connectivity index (χ0n) is 5.48. The number of aliphatic imine (C=N–C) groups is 1. The Balaban J connectivity index is 2.78. The number of nitrogens with zero attached hydrogens (tertiary/aromatic N) is 1. The minimum absolute atomic E-state index is 0.532. The summed E-state index contributed by atoms with van der Waals surface area (Å²) in [5.41, 5.74) is 1.04. The summed E-state index contributed by atoms with van der Waals surface area (Å²) in [5, 5.41) is 2.92.